The highest BCUT2D eigenvalue weighted by atomic mass is 16.4. The second-order valence-corrected chi connectivity index (χ2v) is 5.11. The van der Waals surface area contributed by atoms with Gasteiger partial charge in [0.15, 0.2) is 5.69 Å². The molecule has 0 radical (unpaired) electrons. The molecule has 1 aliphatic carbocycles. The molecule has 1 heterocycles. The van der Waals surface area contributed by atoms with Crippen LogP contribution in [0.1, 0.15) is 43.1 Å². The topological polar surface area (TPSA) is 95.6 Å². The van der Waals surface area contributed by atoms with Crippen LogP contribution in [0.4, 0.5) is 6.01 Å². The fourth-order valence-corrected chi connectivity index (χ4v) is 2.61. The first-order chi connectivity index (χ1) is 8.54. The third-order valence-electron chi connectivity index (χ3n) is 3.49. The summed E-state index contributed by atoms with van der Waals surface area (Å²) in [7, 11) is 0. The van der Waals surface area contributed by atoms with E-state index in [9.17, 15) is 9.90 Å². The Hall–Kier alpha value is -1.56. The summed E-state index contributed by atoms with van der Waals surface area (Å²) >= 11 is 0. The molecular formula is C12H18N2O4. The van der Waals surface area contributed by atoms with Crippen LogP contribution in [-0.4, -0.2) is 33.3 Å². The Morgan fingerprint density at radius 2 is 2.50 bits per heavy atom. The maximum atomic E-state index is 10.7. The number of aliphatic hydroxyl groups is 1. The molecule has 3 N–H and O–H groups in total. The SMILES string of the molecule is CC1CCCC(CO)(Nc2nc(C(=O)O)co2)C1. The van der Waals surface area contributed by atoms with Crippen LogP contribution in [0, 0.1) is 5.92 Å². The molecule has 1 aromatic rings. The number of aliphatic hydroxyl groups excluding tert-OH is 1. The van der Waals surface area contributed by atoms with Crippen molar-refractivity contribution in [2.24, 2.45) is 5.92 Å². The van der Waals surface area contributed by atoms with Crippen molar-refractivity contribution >= 4 is 12.0 Å². The van der Waals surface area contributed by atoms with E-state index in [4.69, 9.17) is 9.52 Å². The molecule has 2 atom stereocenters. The number of aromatic nitrogens is 1. The molecule has 1 aromatic heterocycles. The summed E-state index contributed by atoms with van der Waals surface area (Å²) in [5, 5.41) is 21.4. The monoisotopic (exact) mass is 254 g/mol. The predicted molar refractivity (Wildman–Crippen MR) is 64.5 cm³/mol. The van der Waals surface area contributed by atoms with Crippen LogP contribution in [0.5, 0.6) is 0 Å². The summed E-state index contributed by atoms with van der Waals surface area (Å²) in [6, 6.07) is 0.163. The minimum absolute atomic E-state index is 0.0118. The summed E-state index contributed by atoms with van der Waals surface area (Å²) in [5.74, 6) is -0.603. The lowest BCUT2D eigenvalue weighted by molar-refractivity contribution is 0.0690. The summed E-state index contributed by atoms with van der Waals surface area (Å²) in [5.41, 5.74) is -0.576. The van der Waals surface area contributed by atoms with Gasteiger partial charge >= 0.3 is 5.97 Å². The molecule has 1 fully saturated rings. The van der Waals surface area contributed by atoms with Crippen molar-refractivity contribution in [1.29, 1.82) is 0 Å². The van der Waals surface area contributed by atoms with E-state index in [2.05, 4.69) is 17.2 Å². The second kappa shape index (κ2) is 4.97. The van der Waals surface area contributed by atoms with E-state index in [0.717, 1.165) is 31.9 Å². The average molecular weight is 254 g/mol. The molecule has 0 amide bonds. The van der Waals surface area contributed by atoms with Crippen molar-refractivity contribution in [3.05, 3.63) is 12.0 Å². The van der Waals surface area contributed by atoms with Crippen molar-refractivity contribution in [3.8, 4) is 0 Å². The van der Waals surface area contributed by atoms with E-state index in [1.807, 2.05) is 0 Å². The fourth-order valence-electron chi connectivity index (χ4n) is 2.61. The predicted octanol–water partition coefficient (Wildman–Crippen LogP) is 1.73. The Balaban J connectivity index is 2.11. The van der Waals surface area contributed by atoms with Gasteiger partial charge in [-0.05, 0) is 18.8 Å². The van der Waals surface area contributed by atoms with Gasteiger partial charge in [-0.1, -0.05) is 19.8 Å². The molecule has 2 rings (SSSR count). The summed E-state index contributed by atoms with van der Waals surface area (Å²) in [4.78, 5) is 14.5. The van der Waals surface area contributed by atoms with Crippen molar-refractivity contribution < 1.29 is 19.4 Å². The first kappa shape index (κ1) is 12.9. The largest absolute Gasteiger partial charge is 0.476 e. The molecule has 0 aliphatic heterocycles. The Bertz CT molecular complexity index is 431. The van der Waals surface area contributed by atoms with Crippen LogP contribution in [-0.2, 0) is 0 Å². The van der Waals surface area contributed by atoms with Gasteiger partial charge in [0.25, 0.3) is 6.01 Å². The van der Waals surface area contributed by atoms with Gasteiger partial charge in [-0.2, -0.15) is 4.98 Å². The minimum Gasteiger partial charge on any atom is -0.476 e. The molecule has 18 heavy (non-hydrogen) atoms. The normalized spacial score (nSPS) is 28.0. The van der Waals surface area contributed by atoms with E-state index < -0.39 is 11.5 Å². The van der Waals surface area contributed by atoms with Crippen LogP contribution in [0.25, 0.3) is 0 Å². The molecule has 0 saturated heterocycles. The van der Waals surface area contributed by atoms with Crippen LogP contribution >= 0.6 is 0 Å². The zero-order chi connectivity index (χ0) is 13.2. The number of hydrogen-bond acceptors (Lipinski definition) is 5. The van der Waals surface area contributed by atoms with Crippen LogP contribution in [0.2, 0.25) is 0 Å². The van der Waals surface area contributed by atoms with Crippen molar-refractivity contribution in [1.82, 2.24) is 4.98 Å². The van der Waals surface area contributed by atoms with Gasteiger partial charge in [-0.15, -0.1) is 0 Å². The lowest BCUT2D eigenvalue weighted by Crippen LogP contribution is -2.46. The first-order valence-electron chi connectivity index (χ1n) is 6.12. The standard InChI is InChI=1S/C12H18N2O4/c1-8-3-2-4-12(5-8,7-15)14-11-13-9(6-18-11)10(16)17/h6,8,15H,2-5,7H2,1H3,(H,13,14)(H,16,17). The smallest absolute Gasteiger partial charge is 0.357 e. The van der Waals surface area contributed by atoms with Gasteiger partial charge < -0.3 is 19.9 Å². The van der Waals surface area contributed by atoms with Gasteiger partial charge in [-0.25, -0.2) is 4.79 Å². The number of nitrogens with one attached hydrogen (secondary N) is 1. The Morgan fingerprint density at radius 1 is 1.72 bits per heavy atom. The number of carbonyl (C=O) groups is 1. The van der Waals surface area contributed by atoms with Gasteiger partial charge in [0.05, 0.1) is 12.1 Å². The van der Waals surface area contributed by atoms with E-state index in [1.165, 1.54) is 0 Å². The van der Waals surface area contributed by atoms with Crippen molar-refractivity contribution in [3.63, 3.8) is 0 Å². The molecule has 0 spiro atoms. The van der Waals surface area contributed by atoms with Crippen LogP contribution < -0.4 is 5.32 Å². The highest BCUT2D eigenvalue weighted by molar-refractivity contribution is 5.85. The van der Waals surface area contributed by atoms with Gasteiger partial charge in [0.1, 0.15) is 6.26 Å². The van der Waals surface area contributed by atoms with Crippen molar-refractivity contribution in [2.45, 2.75) is 38.1 Å². The first-order valence-corrected chi connectivity index (χ1v) is 6.12. The van der Waals surface area contributed by atoms with E-state index in [0.29, 0.717) is 5.92 Å². The van der Waals surface area contributed by atoms with Gasteiger partial charge in [-0.3, -0.25) is 0 Å². The number of anilines is 1. The Kier molecular flexibility index (Phi) is 3.56. The van der Waals surface area contributed by atoms with Gasteiger partial charge in [0, 0.05) is 0 Å². The van der Waals surface area contributed by atoms with Crippen LogP contribution in [0.15, 0.2) is 10.7 Å². The average Bonchev–Trinajstić information content (AvgIpc) is 2.77. The Morgan fingerprint density at radius 3 is 3.06 bits per heavy atom. The highest BCUT2D eigenvalue weighted by Crippen LogP contribution is 2.34. The van der Waals surface area contributed by atoms with Crippen LogP contribution in [0.3, 0.4) is 0 Å². The summed E-state index contributed by atoms with van der Waals surface area (Å²) < 4.78 is 5.08. The quantitative estimate of drug-likeness (QED) is 0.757. The third kappa shape index (κ3) is 2.64. The van der Waals surface area contributed by atoms with E-state index in [-0.39, 0.29) is 18.3 Å². The number of oxazole rings is 1. The molecule has 2 unspecified atom stereocenters. The number of rotatable bonds is 4. The number of nitrogens with zero attached hydrogens (tertiary/aromatic N) is 1. The number of carboxylic acid groups (broad SMARTS) is 1. The van der Waals surface area contributed by atoms with Gasteiger partial charge in [0.2, 0.25) is 0 Å². The third-order valence-corrected chi connectivity index (χ3v) is 3.49. The molecular weight excluding hydrogens is 236 g/mol. The maximum Gasteiger partial charge on any atom is 0.357 e. The number of hydrogen-bond donors (Lipinski definition) is 3. The summed E-state index contributed by atoms with van der Waals surface area (Å²) in [6.07, 6.45) is 4.94. The van der Waals surface area contributed by atoms with E-state index in [1.54, 1.807) is 0 Å². The molecule has 6 nitrogen and oxygen atoms in total. The highest BCUT2D eigenvalue weighted by Gasteiger charge is 2.35. The number of aromatic carboxylic acids is 1. The lowest BCUT2D eigenvalue weighted by Gasteiger charge is -2.38. The zero-order valence-corrected chi connectivity index (χ0v) is 10.3. The fraction of sp³-hybridized carbons (Fsp3) is 0.667. The molecule has 6 heteroatoms. The maximum absolute atomic E-state index is 10.7. The Labute approximate surface area is 105 Å². The molecule has 0 aromatic carbocycles. The van der Waals surface area contributed by atoms with Crippen molar-refractivity contribution in [2.75, 3.05) is 11.9 Å². The molecule has 100 valence electrons. The molecule has 1 aliphatic rings. The minimum atomic E-state index is -1.12. The second-order valence-electron chi connectivity index (χ2n) is 5.11. The number of carboxylic acids is 1. The molecule has 1 saturated carbocycles. The molecule has 0 bridgehead atoms. The summed E-state index contributed by atoms with van der Waals surface area (Å²) in [6.45, 7) is 2.13. The lowest BCUT2D eigenvalue weighted by atomic mass is 9.77. The van der Waals surface area contributed by atoms with E-state index >= 15 is 0 Å². The zero-order valence-electron chi connectivity index (χ0n) is 10.3.